The summed E-state index contributed by atoms with van der Waals surface area (Å²) in [7, 11) is 3.17. The van der Waals surface area contributed by atoms with Crippen molar-refractivity contribution < 1.29 is 34.8 Å². The van der Waals surface area contributed by atoms with Gasteiger partial charge in [0.15, 0.2) is 11.4 Å². The Bertz CT molecular complexity index is 1220. The van der Waals surface area contributed by atoms with Crippen molar-refractivity contribution in [3.8, 4) is 5.75 Å². The molecule has 4 aliphatic carbocycles. The molecule has 4 atom stereocenters. The number of aliphatic hydroxyl groups excluding tert-OH is 2. The minimum Gasteiger partial charge on any atom is -0.508 e. The molecule has 0 unspecified atom stereocenters. The number of aromatic hydroxyl groups is 1. The number of nitrogens with zero attached hydrogens (tertiary/aromatic N) is 1. The van der Waals surface area contributed by atoms with E-state index in [1.54, 1.807) is 14.1 Å². The smallest absolute Gasteiger partial charge is 0.255 e. The molecular weight excluding hydrogens is 452 g/mol. The normalized spacial score (nSPS) is 31.0. The predicted molar refractivity (Wildman–Crippen MR) is 125 cm³/mol. The van der Waals surface area contributed by atoms with Crippen LogP contribution in [-0.4, -0.2) is 68.5 Å². The quantitative estimate of drug-likeness (QED) is 0.406. The first-order valence-corrected chi connectivity index (χ1v) is 12.0. The van der Waals surface area contributed by atoms with E-state index in [1.807, 2.05) is 6.07 Å². The lowest BCUT2D eigenvalue weighted by molar-refractivity contribution is -0.153. The molecule has 5 rings (SSSR count). The summed E-state index contributed by atoms with van der Waals surface area (Å²) in [5.74, 6) is -5.96. The first-order chi connectivity index (χ1) is 16.5. The molecule has 0 bridgehead atoms. The summed E-state index contributed by atoms with van der Waals surface area (Å²) in [5.41, 5.74) is 3.80. The molecule has 2 saturated carbocycles. The number of likely N-dealkylation sites (N-methyl/N-ethyl adjacent to an activating group) is 1. The van der Waals surface area contributed by atoms with Gasteiger partial charge in [-0.25, -0.2) is 0 Å². The molecule has 1 aromatic carbocycles. The third-order valence-corrected chi connectivity index (χ3v) is 8.44. The molecule has 0 aromatic heterocycles. The Balaban J connectivity index is 1.72. The van der Waals surface area contributed by atoms with Gasteiger partial charge in [-0.05, 0) is 68.8 Å². The minimum absolute atomic E-state index is 0.103. The molecule has 2 fully saturated rings. The van der Waals surface area contributed by atoms with Crippen molar-refractivity contribution in [2.45, 2.75) is 56.1 Å². The molecule has 9 nitrogen and oxygen atoms in total. The number of aliphatic hydroxyl groups is 3. The van der Waals surface area contributed by atoms with Gasteiger partial charge in [-0.2, -0.15) is 0 Å². The number of Topliss-reactive ketones (excluding diaryl/α,β-unsaturated/α-hetero) is 2. The number of amides is 1. The molecule has 0 aliphatic heterocycles. The zero-order chi connectivity index (χ0) is 25.4. The van der Waals surface area contributed by atoms with Crippen LogP contribution in [0.15, 0.2) is 29.0 Å². The summed E-state index contributed by atoms with van der Waals surface area (Å²) in [6, 6.07) is 2.31. The van der Waals surface area contributed by atoms with Crippen LogP contribution in [0.2, 0.25) is 0 Å². The molecule has 0 radical (unpaired) electrons. The molecule has 0 saturated heterocycles. The number of nitrogens with two attached hydrogens (primary N) is 1. The van der Waals surface area contributed by atoms with Gasteiger partial charge in [0.2, 0.25) is 5.78 Å². The largest absolute Gasteiger partial charge is 0.508 e. The number of fused-ring (bicyclic) bond motifs is 3. The Labute approximate surface area is 202 Å². The number of primary amides is 1. The molecular formula is C26H30N2O7. The third kappa shape index (κ3) is 3.11. The van der Waals surface area contributed by atoms with Crippen LogP contribution in [-0.2, 0) is 20.8 Å². The van der Waals surface area contributed by atoms with E-state index in [1.165, 1.54) is 11.0 Å². The van der Waals surface area contributed by atoms with Crippen molar-refractivity contribution in [2.75, 3.05) is 14.1 Å². The second kappa shape index (κ2) is 7.93. The highest BCUT2D eigenvalue weighted by Gasteiger charge is 2.64. The number of benzene rings is 1. The highest BCUT2D eigenvalue weighted by Crippen LogP contribution is 2.53. The molecule has 35 heavy (non-hydrogen) atoms. The van der Waals surface area contributed by atoms with Gasteiger partial charge in [0.05, 0.1) is 11.6 Å². The van der Waals surface area contributed by atoms with E-state index in [0.717, 1.165) is 36.8 Å². The second-order valence-corrected chi connectivity index (χ2v) is 10.5. The van der Waals surface area contributed by atoms with Crippen LogP contribution >= 0.6 is 0 Å². The van der Waals surface area contributed by atoms with Crippen LogP contribution in [0.25, 0.3) is 5.76 Å². The van der Waals surface area contributed by atoms with E-state index in [0.29, 0.717) is 12.3 Å². The lowest BCUT2D eigenvalue weighted by atomic mass is 9.57. The van der Waals surface area contributed by atoms with Crippen LogP contribution < -0.4 is 5.73 Å². The maximum Gasteiger partial charge on any atom is 0.255 e. The zero-order valence-corrected chi connectivity index (χ0v) is 19.7. The van der Waals surface area contributed by atoms with Crippen molar-refractivity contribution in [2.24, 2.45) is 17.6 Å². The lowest BCUT2D eigenvalue weighted by Crippen LogP contribution is -2.65. The van der Waals surface area contributed by atoms with Crippen molar-refractivity contribution in [3.63, 3.8) is 0 Å². The SMILES string of the molecule is CN(C)[C@H]1C(=O)C(C(N)=O)=C(O)[C@@]2(O)C(=O)C3=C(O)c4c(O)ccc(C5CCCC5)c4C[C@@H]3C[C@@H]12. The van der Waals surface area contributed by atoms with Crippen molar-refractivity contribution >= 4 is 23.2 Å². The summed E-state index contributed by atoms with van der Waals surface area (Å²) >= 11 is 0. The first-order valence-electron chi connectivity index (χ1n) is 12.0. The van der Waals surface area contributed by atoms with E-state index in [9.17, 15) is 34.8 Å². The fraction of sp³-hybridized carbons (Fsp3) is 0.500. The number of carbonyl (C=O) groups excluding carboxylic acids is 3. The van der Waals surface area contributed by atoms with Crippen molar-refractivity contribution in [1.82, 2.24) is 4.90 Å². The van der Waals surface area contributed by atoms with Gasteiger partial charge in [0.1, 0.15) is 22.8 Å². The van der Waals surface area contributed by atoms with Gasteiger partial charge in [-0.15, -0.1) is 0 Å². The number of carbonyl (C=O) groups is 3. The third-order valence-electron chi connectivity index (χ3n) is 8.44. The number of hydrogen-bond acceptors (Lipinski definition) is 8. The van der Waals surface area contributed by atoms with E-state index in [-0.39, 0.29) is 23.3 Å². The van der Waals surface area contributed by atoms with Gasteiger partial charge in [-0.3, -0.25) is 19.3 Å². The van der Waals surface area contributed by atoms with Gasteiger partial charge < -0.3 is 26.2 Å². The van der Waals surface area contributed by atoms with Crippen molar-refractivity contribution in [1.29, 1.82) is 0 Å². The number of ketones is 2. The molecule has 9 heteroatoms. The summed E-state index contributed by atoms with van der Waals surface area (Å²) < 4.78 is 0. The van der Waals surface area contributed by atoms with Gasteiger partial charge in [0.25, 0.3) is 5.91 Å². The molecule has 6 N–H and O–H groups in total. The summed E-state index contributed by atoms with van der Waals surface area (Å²) in [6.45, 7) is 0. The van der Waals surface area contributed by atoms with Crippen molar-refractivity contribution in [3.05, 3.63) is 45.7 Å². The summed E-state index contributed by atoms with van der Waals surface area (Å²) in [4.78, 5) is 40.5. The van der Waals surface area contributed by atoms with Gasteiger partial charge in [-0.1, -0.05) is 18.9 Å². The maximum atomic E-state index is 13.8. The average Bonchev–Trinajstić information content (AvgIpc) is 3.30. The monoisotopic (exact) mass is 482 g/mol. The van der Waals surface area contributed by atoms with E-state index in [4.69, 9.17) is 5.73 Å². The fourth-order valence-electron chi connectivity index (χ4n) is 6.89. The van der Waals surface area contributed by atoms with Crippen LogP contribution in [0.3, 0.4) is 0 Å². The number of phenolic OH excluding ortho intramolecular Hbond substituents is 1. The summed E-state index contributed by atoms with van der Waals surface area (Å²) in [5, 5.41) is 44.4. The van der Waals surface area contributed by atoms with E-state index >= 15 is 0 Å². The minimum atomic E-state index is -2.61. The molecule has 0 spiro atoms. The molecule has 1 aromatic rings. The Kier molecular flexibility index (Phi) is 5.34. The average molecular weight is 483 g/mol. The standard InChI is InChI=1S/C26H30N2O7/c1-28(2)20-15-10-12-9-14-13(11-5-3-4-6-11)7-8-16(29)18(14)21(30)17(12)23(32)26(15,35)24(33)19(22(20)31)25(27)34/h7-8,11-12,15,20,29-30,33,35H,3-6,9-10H2,1-2H3,(H2,27,34)/t12-,15+,20-,26+/m1/s1. The van der Waals surface area contributed by atoms with Crippen LogP contribution in [0.1, 0.15) is 54.7 Å². The second-order valence-electron chi connectivity index (χ2n) is 10.5. The molecule has 186 valence electrons. The zero-order valence-electron chi connectivity index (χ0n) is 19.7. The summed E-state index contributed by atoms with van der Waals surface area (Å²) in [6.07, 6.45) is 4.66. The fourth-order valence-corrected chi connectivity index (χ4v) is 6.89. The first kappa shape index (κ1) is 23.6. The number of hydrogen-bond donors (Lipinski definition) is 5. The lowest BCUT2D eigenvalue weighted by Gasteiger charge is -2.50. The van der Waals surface area contributed by atoms with Gasteiger partial charge >= 0.3 is 0 Å². The Morgan fingerprint density at radius 2 is 1.74 bits per heavy atom. The highest BCUT2D eigenvalue weighted by atomic mass is 16.3. The van der Waals surface area contributed by atoms with E-state index < -0.39 is 58.0 Å². The van der Waals surface area contributed by atoms with Crippen LogP contribution in [0.5, 0.6) is 5.75 Å². The highest BCUT2D eigenvalue weighted by molar-refractivity contribution is 6.24. The number of rotatable bonds is 3. The van der Waals surface area contributed by atoms with E-state index in [2.05, 4.69) is 0 Å². The van der Waals surface area contributed by atoms with Gasteiger partial charge in [0, 0.05) is 11.5 Å². The van der Waals surface area contributed by atoms with Crippen LogP contribution in [0.4, 0.5) is 0 Å². The molecule has 4 aliphatic rings. The number of phenols is 1. The van der Waals surface area contributed by atoms with Crippen LogP contribution in [0, 0.1) is 11.8 Å². The predicted octanol–water partition coefficient (Wildman–Crippen LogP) is 1.62. The molecule has 0 heterocycles. The Hall–Kier alpha value is -3.17. The topological polar surface area (TPSA) is 161 Å². The maximum absolute atomic E-state index is 13.8. The Morgan fingerprint density at radius 3 is 2.34 bits per heavy atom. The Morgan fingerprint density at radius 1 is 1.09 bits per heavy atom. The molecule has 1 amide bonds.